The van der Waals surface area contributed by atoms with E-state index < -0.39 is 37.3 Å². The zero-order chi connectivity index (χ0) is 12.3. The summed E-state index contributed by atoms with van der Waals surface area (Å²) in [6.07, 6.45) is -5.36. The van der Waals surface area contributed by atoms with Crippen LogP contribution in [0.5, 0.6) is 0 Å². The molecule has 0 saturated carbocycles. The van der Waals surface area contributed by atoms with Gasteiger partial charge >= 0.3 is 0 Å². The van der Waals surface area contributed by atoms with Crippen LogP contribution in [0, 0.1) is 0 Å². The molecule has 0 aromatic heterocycles. The van der Waals surface area contributed by atoms with Gasteiger partial charge in [-0.1, -0.05) is 6.92 Å². The van der Waals surface area contributed by atoms with Gasteiger partial charge in [0.15, 0.2) is 6.29 Å². The Bertz CT molecular complexity index is 209. The van der Waals surface area contributed by atoms with Gasteiger partial charge in [0, 0.05) is 0 Å². The Balaban J connectivity index is 2.63. The highest BCUT2D eigenvalue weighted by atomic mass is 16.7. The van der Waals surface area contributed by atoms with Crippen molar-refractivity contribution in [3.8, 4) is 0 Å². The molecule has 4 unspecified atom stereocenters. The van der Waals surface area contributed by atoms with E-state index >= 15 is 0 Å². The molecule has 1 aliphatic heterocycles. The number of aliphatic hydroxyl groups is 4. The van der Waals surface area contributed by atoms with E-state index in [0.29, 0.717) is 0 Å². The van der Waals surface area contributed by atoms with Gasteiger partial charge in [-0.25, -0.2) is 0 Å². The first-order chi connectivity index (χ1) is 7.51. The molecule has 1 heterocycles. The average Bonchev–Trinajstić information content (AvgIpc) is 2.29. The lowest BCUT2D eigenvalue weighted by molar-refractivity contribution is -0.310. The fraction of sp³-hybridized carbons (Fsp3) is 1.00. The van der Waals surface area contributed by atoms with Gasteiger partial charge in [0.2, 0.25) is 0 Å². The van der Waals surface area contributed by atoms with Crippen LogP contribution >= 0.6 is 0 Å². The highest BCUT2D eigenvalue weighted by Gasteiger charge is 2.44. The average molecular weight is 236 g/mol. The maximum atomic E-state index is 9.62. The van der Waals surface area contributed by atoms with Gasteiger partial charge in [0.1, 0.15) is 24.4 Å². The van der Waals surface area contributed by atoms with Gasteiger partial charge in [-0.15, -0.1) is 0 Å². The second kappa shape index (κ2) is 5.90. The SMILES string of the molecule is CCC(C)O[C@H]1OC(CO)[C@@H](O)C(O)C1O. The molecular weight excluding hydrogens is 216 g/mol. The molecule has 0 aliphatic carbocycles. The Morgan fingerprint density at radius 1 is 1.19 bits per heavy atom. The van der Waals surface area contributed by atoms with Crippen LogP contribution in [0.15, 0.2) is 0 Å². The quantitative estimate of drug-likeness (QED) is 0.479. The van der Waals surface area contributed by atoms with E-state index in [4.69, 9.17) is 14.6 Å². The summed E-state index contributed by atoms with van der Waals surface area (Å²) in [5.41, 5.74) is 0. The van der Waals surface area contributed by atoms with Crippen LogP contribution in [-0.4, -0.2) is 63.8 Å². The van der Waals surface area contributed by atoms with E-state index in [-0.39, 0.29) is 6.10 Å². The maximum absolute atomic E-state index is 9.62. The number of rotatable bonds is 4. The second-order valence-electron chi connectivity index (χ2n) is 4.05. The third-order valence-electron chi connectivity index (χ3n) is 2.79. The van der Waals surface area contributed by atoms with Gasteiger partial charge in [0.25, 0.3) is 0 Å². The minimum Gasteiger partial charge on any atom is -0.394 e. The molecule has 4 N–H and O–H groups in total. The number of hydrogen-bond donors (Lipinski definition) is 4. The Morgan fingerprint density at radius 3 is 2.31 bits per heavy atom. The molecule has 1 rings (SSSR count). The standard InChI is InChI=1S/C10H20O6/c1-3-5(2)15-10-9(14)8(13)7(12)6(4-11)16-10/h5-14H,3-4H2,1-2H3/t5?,6?,7-,8?,9?,10+/m1/s1. The van der Waals surface area contributed by atoms with E-state index in [0.717, 1.165) is 6.42 Å². The van der Waals surface area contributed by atoms with Gasteiger partial charge in [-0.2, -0.15) is 0 Å². The maximum Gasteiger partial charge on any atom is 0.186 e. The van der Waals surface area contributed by atoms with Crippen LogP contribution in [0.1, 0.15) is 20.3 Å². The van der Waals surface area contributed by atoms with Crippen LogP contribution in [-0.2, 0) is 9.47 Å². The molecule has 0 amide bonds. The molecule has 16 heavy (non-hydrogen) atoms. The van der Waals surface area contributed by atoms with Crippen LogP contribution in [0.2, 0.25) is 0 Å². The fourth-order valence-corrected chi connectivity index (χ4v) is 1.50. The van der Waals surface area contributed by atoms with Crippen molar-refractivity contribution in [1.82, 2.24) is 0 Å². The summed E-state index contributed by atoms with van der Waals surface area (Å²) in [6.45, 7) is 3.28. The molecule has 1 aliphatic rings. The van der Waals surface area contributed by atoms with Crippen molar-refractivity contribution in [2.75, 3.05) is 6.61 Å². The lowest BCUT2D eigenvalue weighted by Gasteiger charge is -2.40. The highest BCUT2D eigenvalue weighted by molar-refractivity contribution is 4.89. The third-order valence-corrected chi connectivity index (χ3v) is 2.79. The van der Waals surface area contributed by atoms with Crippen molar-refractivity contribution in [3.05, 3.63) is 0 Å². The van der Waals surface area contributed by atoms with Crippen LogP contribution in [0.25, 0.3) is 0 Å². The smallest absolute Gasteiger partial charge is 0.186 e. The summed E-state index contributed by atoms with van der Waals surface area (Å²) in [7, 11) is 0. The highest BCUT2D eigenvalue weighted by Crippen LogP contribution is 2.23. The van der Waals surface area contributed by atoms with Gasteiger partial charge in [0.05, 0.1) is 12.7 Å². The Kier molecular flexibility index (Phi) is 5.10. The lowest BCUT2D eigenvalue weighted by Crippen LogP contribution is -2.59. The zero-order valence-electron chi connectivity index (χ0n) is 9.48. The monoisotopic (exact) mass is 236 g/mol. The van der Waals surface area contributed by atoms with Crippen LogP contribution in [0.3, 0.4) is 0 Å². The minimum absolute atomic E-state index is 0.138. The van der Waals surface area contributed by atoms with Crippen molar-refractivity contribution in [3.63, 3.8) is 0 Å². The molecule has 6 nitrogen and oxygen atoms in total. The van der Waals surface area contributed by atoms with E-state index in [1.165, 1.54) is 0 Å². The minimum atomic E-state index is -1.38. The first-order valence-electron chi connectivity index (χ1n) is 5.47. The summed E-state index contributed by atoms with van der Waals surface area (Å²) in [5.74, 6) is 0. The predicted molar refractivity (Wildman–Crippen MR) is 54.6 cm³/mol. The van der Waals surface area contributed by atoms with E-state index in [1.807, 2.05) is 6.92 Å². The molecule has 0 spiro atoms. The summed E-state index contributed by atoms with van der Waals surface area (Å²) in [4.78, 5) is 0. The summed E-state index contributed by atoms with van der Waals surface area (Å²) in [5, 5.41) is 37.6. The number of ether oxygens (including phenoxy) is 2. The van der Waals surface area contributed by atoms with Crippen molar-refractivity contribution < 1.29 is 29.9 Å². The van der Waals surface area contributed by atoms with Crippen molar-refractivity contribution in [1.29, 1.82) is 0 Å². The molecule has 0 bridgehead atoms. The number of aliphatic hydroxyl groups excluding tert-OH is 4. The molecule has 96 valence electrons. The summed E-state index contributed by atoms with van der Waals surface area (Å²) in [6, 6.07) is 0. The first kappa shape index (κ1) is 13.8. The number of hydrogen-bond acceptors (Lipinski definition) is 6. The topological polar surface area (TPSA) is 99.4 Å². The van der Waals surface area contributed by atoms with Gasteiger partial charge in [-0.05, 0) is 13.3 Å². The normalized spacial score (nSPS) is 42.0. The molecule has 0 radical (unpaired) electrons. The van der Waals surface area contributed by atoms with Gasteiger partial charge < -0.3 is 29.9 Å². The van der Waals surface area contributed by atoms with E-state index in [1.54, 1.807) is 6.92 Å². The first-order valence-corrected chi connectivity index (χ1v) is 5.47. The summed E-state index contributed by atoms with van der Waals surface area (Å²) >= 11 is 0. The molecule has 6 atom stereocenters. The van der Waals surface area contributed by atoms with Crippen molar-refractivity contribution >= 4 is 0 Å². The predicted octanol–water partition coefficient (Wildman–Crippen LogP) is -1.40. The van der Waals surface area contributed by atoms with Crippen molar-refractivity contribution in [2.45, 2.75) is 57.1 Å². The Hall–Kier alpha value is -0.240. The Labute approximate surface area is 94.4 Å². The van der Waals surface area contributed by atoms with Gasteiger partial charge in [-0.3, -0.25) is 0 Å². The zero-order valence-corrected chi connectivity index (χ0v) is 9.48. The fourth-order valence-electron chi connectivity index (χ4n) is 1.50. The Morgan fingerprint density at radius 2 is 1.81 bits per heavy atom. The van der Waals surface area contributed by atoms with E-state index in [2.05, 4.69) is 0 Å². The molecule has 0 aromatic carbocycles. The second-order valence-corrected chi connectivity index (χ2v) is 4.05. The molecular formula is C10H20O6. The molecule has 1 fully saturated rings. The van der Waals surface area contributed by atoms with Crippen LogP contribution < -0.4 is 0 Å². The summed E-state index contributed by atoms with van der Waals surface area (Å²) < 4.78 is 10.5. The molecule has 1 saturated heterocycles. The lowest BCUT2D eigenvalue weighted by atomic mass is 9.99. The van der Waals surface area contributed by atoms with Crippen molar-refractivity contribution in [2.24, 2.45) is 0 Å². The van der Waals surface area contributed by atoms with E-state index in [9.17, 15) is 15.3 Å². The largest absolute Gasteiger partial charge is 0.394 e. The third kappa shape index (κ3) is 2.91. The molecule has 0 aromatic rings. The van der Waals surface area contributed by atoms with Crippen LogP contribution in [0.4, 0.5) is 0 Å². The molecule has 6 heteroatoms.